The van der Waals surface area contributed by atoms with Gasteiger partial charge in [-0.05, 0) is 66.7 Å². The zero-order valence-electron chi connectivity index (χ0n) is 19.0. The Morgan fingerprint density at radius 3 is 2.56 bits per heavy atom. The molecule has 2 fully saturated rings. The summed E-state index contributed by atoms with van der Waals surface area (Å²) < 4.78 is 0. The molecule has 176 valence electrons. The Hall–Kier alpha value is -2.51. The van der Waals surface area contributed by atoms with E-state index in [4.69, 9.17) is 12.2 Å². The van der Waals surface area contributed by atoms with Crippen molar-refractivity contribution in [1.29, 1.82) is 0 Å². The molecule has 5 nitrogen and oxygen atoms in total. The smallest absolute Gasteiger partial charge is 0.254 e. The molecule has 0 bridgehead atoms. The fourth-order valence-corrected chi connectivity index (χ4v) is 6.11. The summed E-state index contributed by atoms with van der Waals surface area (Å²) in [6, 6.07) is 18.0. The lowest BCUT2D eigenvalue weighted by Gasteiger charge is -2.43. The average molecular weight is 539 g/mol. The highest BCUT2D eigenvalue weighted by atomic mass is 79.9. The summed E-state index contributed by atoms with van der Waals surface area (Å²) in [4.78, 5) is 30.1. The van der Waals surface area contributed by atoms with Crippen molar-refractivity contribution >= 4 is 50.6 Å². The van der Waals surface area contributed by atoms with Crippen LogP contribution < -0.4 is 5.32 Å². The molecule has 1 aliphatic carbocycles. The van der Waals surface area contributed by atoms with E-state index in [-0.39, 0.29) is 23.8 Å². The standard InChI is InChI=1S/C27H28BrN3O2S/c28-22-10-11-24-23(16-22)26(33)31(27(34)29-24)17-18-6-8-21(9-7-18)25(32)30-14-12-20(13-15-30)19-4-2-1-3-5-19/h1-9,12,22-24H,10-11,13-17H2,(H,29,34). The molecule has 5 rings (SSSR count). The number of nitrogens with zero attached hydrogens (tertiary/aromatic N) is 2. The molecule has 2 aliphatic heterocycles. The number of halogens is 1. The van der Waals surface area contributed by atoms with Crippen molar-refractivity contribution in [3.05, 3.63) is 77.4 Å². The van der Waals surface area contributed by atoms with Crippen molar-refractivity contribution in [3.63, 3.8) is 0 Å². The van der Waals surface area contributed by atoms with E-state index in [1.165, 1.54) is 11.1 Å². The Morgan fingerprint density at radius 2 is 1.85 bits per heavy atom. The first-order valence-corrected chi connectivity index (χ1v) is 13.2. The fourth-order valence-electron chi connectivity index (χ4n) is 5.14. The SMILES string of the molecule is O=C(c1ccc(CN2C(=O)C3CC(Br)CCC3NC2=S)cc1)N1CC=C(c2ccccc2)CC1. The zero-order chi connectivity index (χ0) is 23.7. The van der Waals surface area contributed by atoms with Crippen molar-refractivity contribution in [3.8, 4) is 0 Å². The molecule has 0 radical (unpaired) electrons. The van der Waals surface area contributed by atoms with E-state index in [1.54, 1.807) is 4.90 Å². The maximum Gasteiger partial charge on any atom is 0.254 e. The van der Waals surface area contributed by atoms with Gasteiger partial charge in [0, 0.05) is 29.5 Å². The molecule has 3 unspecified atom stereocenters. The van der Waals surface area contributed by atoms with Crippen LogP contribution in [-0.4, -0.2) is 50.7 Å². The van der Waals surface area contributed by atoms with Crippen LogP contribution in [0.4, 0.5) is 0 Å². The molecule has 3 atom stereocenters. The van der Waals surface area contributed by atoms with Crippen molar-refractivity contribution < 1.29 is 9.59 Å². The van der Waals surface area contributed by atoms with Gasteiger partial charge in [0.1, 0.15) is 0 Å². The van der Waals surface area contributed by atoms with Gasteiger partial charge in [0.05, 0.1) is 12.5 Å². The van der Waals surface area contributed by atoms with Gasteiger partial charge < -0.3 is 10.2 Å². The first-order chi connectivity index (χ1) is 16.5. The molecule has 0 spiro atoms. The van der Waals surface area contributed by atoms with E-state index in [1.807, 2.05) is 47.4 Å². The summed E-state index contributed by atoms with van der Waals surface area (Å²) >= 11 is 9.19. The topological polar surface area (TPSA) is 52.7 Å². The van der Waals surface area contributed by atoms with Crippen LogP contribution in [0.1, 0.15) is 47.2 Å². The third-order valence-corrected chi connectivity index (χ3v) is 8.28. The molecule has 0 aromatic heterocycles. The summed E-state index contributed by atoms with van der Waals surface area (Å²) in [6.45, 7) is 1.74. The summed E-state index contributed by atoms with van der Waals surface area (Å²) in [5.41, 5.74) is 4.15. The van der Waals surface area contributed by atoms with Gasteiger partial charge in [-0.3, -0.25) is 14.5 Å². The number of benzene rings is 2. The minimum atomic E-state index is -0.0430. The van der Waals surface area contributed by atoms with Crippen molar-refractivity contribution in [2.45, 2.75) is 43.1 Å². The van der Waals surface area contributed by atoms with E-state index in [0.29, 0.717) is 35.1 Å². The average Bonchev–Trinajstić information content (AvgIpc) is 2.88. The lowest BCUT2D eigenvalue weighted by atomic mass is 9.82. The normalized spacial score (nSPS) is 24.9. The summed E-state index contributed by atoms with van der Waals surface area (Å²) in [5.74, 6) is 0.0977. The molecule has 34 heavy (non-hydrogen) atoms. The number of hydrogen-bond acceptors (Lipinski definition) is 3. The number of thiocarbonyl (C=S) groups is 1. The van der Waals surface area contributed by atoms with Crippen LogP contribution in [-0.2, 0) is 11.3 Å². The molecular formula is C27H28BrN3O2S. The third kappa shape index (κ3) is 4.82. The Bertz CT molecular complexity index is 1120. The summed E-state index contributed by atoms with van der Waals surface area (Å²) in [7, 11) is 0. The molecule has 1 N–H and O–H groups in total. The number of fused-ring (bicyclic) bond motifs is 1. The third-order valence-electron chi connectivity index (χ3n) is 7.11. The Kier molecular flexibility index (Phi) is 6.84. The number of hydrogen-bond donors (Lipinski definition) is 1. The van der Waals surface area contributed by atoms with Crippen molar-refractivity contribution in [2.75, 3.05) is 13.1 Å². The molecule has 1 saturated heterocycles. The zero-order valence-corrected chi connectivity index (χ0v) is 21.4. The summed E-state index contributed by atoms with van der Waals surface area (Å²) in [5, 5.41) is 3.89. The van der Waals surface area contributed by atoms with Crippen LogP contribution in [0, 0.1) is 5.92 Å². The number of alkyl halides is 1. The molecule has 2 aromatic rings. The van der Waals surface area contributed by atoms with Gasteiger partial charge in [-0.15, -0.1) is 0 Å². The second kappa shape index (κ2) is 10.0. The van der Waals surface area contributed by atoms with Gasteiger partial charge in [0.2, 0.25) is 5.91 Å². The van der Waals surface area contributed by atoms with Crippen LogP contribution in [0.25, 0.3) is 5.57 Å². The van der Waals surface area contributed by atoms with Crippen LogP contribution in [0.3, 0.4) is 0 Å². The molecule has 2 aromatic carbocycles. The predicted molar refractivity (Wildman–Crippen MR) is 142 cm³/mol. The van der Waals surface area contributed by atoms with E-state index < -0.39 is 0 Å². The lowest BCUT2D eigenvalue weighted by molar-refractivity contribution is -0.135. The quantitative estimate of drug-likeness (QED) is 0.451. The highest BCUT2D eigenvalue weighted by Gasteiger charge is 2.42. The predicted octanol–water partition coefficient (Wildman–Crippen LogP) is 4.77. The second-order valence-electron chi connectivity index (χ2n) is 9.29. The van der Waals surface area contributed by atoms with Gasteiger partial charge >= 0.3 is 0 Å². The maximum atomic E-state index is 13.1. The first kappa shape index (κ1) is 23.2. The number of carbonyl (C=O) groups excluding carboxylic acids is 2. The molecular weight excluding hydrogens is 510 g/mol. The lowest BCUT2D eigenvalue weighted by Crippen LogP contribution is -2.61. The minimum Gasteiger partial charge on any atom is -0.359 e. The van der Waals surface area contributed by atoms with Crippen LogP contribution in [0.15, 0.2) is 60.7 Å². The monoisotopic (exact) mass is 537 g/mol. The van der Waals surface area contributed by atoms with Crippen LogP contribution in [0.5, 0.6) is 0 Å². The number of rotatable bonds is 4. The van der Waals surface area contributed by atoms with Gasteiger partial charge in [-0.25, -0.2) is 0 Å². The minimum absolute atomic E-state index is 0.0366. The maximum absolute atomic E-state index is 13.1. The van der Waals surface area contributed by atoms with E-state index >= 15 is 0 Å². The Morgan fingerprint density at radius 1 is 1.09 bits per heavy atom. The first-order valence-electron chi connectivity index (χ1n) is 11.9. The van der Waals surface area contributed by atoms with Crippen molar-refractivity contribution in [2.24, 2.45) is 5.92 Å². The highest BCUT2D eigenvalue weighted by Crippen LogP contribution is 2.33. The van der Waals surface area contributed by atoms with E-state index in [0.717, 1.165) is 31.2 Å². The van der Waals surface area contributed by atoms with Crippen LogP contribution >= 0.6 is 28.1 Å². The van der Waals surface area contributed by atoms with Gasteiger partial charge in [-0.1, -0.05) is 64.5 Å². The fraction of sp³-hybridized carbons (Fsp3) is 0.370. The van der Waals surface area contributed by atoms with Crippen LogP contribution in [0.2, 0.25) is 0 Å². The van der Waals surface area contributed by atoms with Gasteiger partial charge in [-0.2, -0.15) is 0 Å². The van der Waals surface area contributed by atoms with E-state index in [2.05, 4.69) is 39.5 Å². The van der Waals surface area contributed by atoms with E-state index in [9.17, 15) is 9.59 Å². The molecule has 1 saturated carbocycles. The second-order valence-corrected chi connectivity index (χ2v) is 11.0. The molecule has 7 heteroatoms. The summed E-state index contributed by atoms with van der Waals surface area (Å²) in [6.07, 6.45) is 5.85. The van der Waals surface area contributed by atoms with Gasteiger partial charge in [0.15, 0.2) is 5.11 Å². The number of carbonyl (C=O) groups is 2. The highest BCUT2D eigenvalue weighted by molar-refractivity contribution is 9.09. The largest absolute Gasteiger partial charge is 0.359 e. The Labute approximate surface area is 214 Å². The number of amides is 2. The van der Waals surface area contributed by atoms with Gasteiger partial charge in [0.25, 0.3) is 5.91 Å². The molecule has 3 aliphatic rings. The Balaban J connectivity index is 1.22. The molecule has 2 heterocycles. The number of nitrogens with one attached hydrogen (secondary N) is 1. The van der Waals surface area contributed by atoms with Crippen molar-refractivity contribution in [1.82, 2.24) is 15.1 Å². The molecule has 2 amide bonds.